The molecule has 27 heavy (non-hydrogen) atoms. The first-order valence-electron chi connectivity index (χ1n) is 9.26. The average molecular weight is 363 g/mol. The van der Waals surface area contributed by atoms with Crippen molar-refractivity contribution in [1.82, 2.24) is 20.2 Å². The molecule has 140 valence electrons. The van der Waals surface area contributed by atoms with Gasteiger partial charge in [0.1, 0.15) is 6.04 Å². The number of aromatic nitrogens is 4. The second kappa shape index (κ2) is 8.12. The Morgan fingerprint density at radius 2 is 1.81 bits per heavy atom. The fourth-order valence-corrected chi connectivity index (χ4v) is 2.81. The highest BCUT2D eigenvalue weighted by Gasteiger charge is 2.20. The molecular formula is C21H25N5O. The molecule has 6 nitrogen and oxygen atoms in total. The quantitative estimate of drug-likeness (QED) is 0.706. The van der Waals surface area contributed by atoms with E-state index in [1.54, 1.807) is 6.92 Å². The minimum Gasteiger partial charge on any atom is -0.324 e. The molecule has 0 fully saturated rings. The lowest BCUT2D eigenvalue weighted by Gasteiger charge is -2.17. The van der Waals surface area contributed by atoms with Crippen molar-refractivity contribution >= 4 is 11.6 Å². The molecule has 0 bridgehead atoms. The molecule has 3 aromatic rings. The summed E-state index contributed by atoms with van der Waals surface area (Å²) in [5.41, 5.74) is 4.01. The number of nitrogens with one attached hydrogen (secondary N) is 1. The van der Waals surface area contributed by atoms with Crippen LogP contribution in [0.25, 0.3) is 11.4 Å². The lowest BCUT2D eigenvalue weighted by atomic mass is 9.97. The summed E-state index contributed by atoms with van der Waals surface area (Å²) >= 11 is 0. The predicted molar refractivity (Wildman–Crippen MR) is 106 cm³/mol. The molecular weight excluding hydrogens is 338 g/mol. The van der Waals surface area contributed by atoms with E-state index < -0.39 is 6.04 Å². The number of rotatable bonds is 6. The number of benzene rings is 2. The van der Waals surface area contributed by atoms with Gasteiger partial charge in [-0.2, -0.15) is 4.80 Å². The Morgan fingerprint density at radius 3 is 2.52 bits per heavy atom. The van der Waals surface area contributed by atoms with Gasteiger partial charge in [-0.15, -0.1) is 10.2 Å². The minimum atomic E-state index is -0.568. The highest BCUT2D eigenvalue weighted by molar-refractivity contribution is 5.94. The molecule has 1 N–H and O–H groups in total. The van der Waals surface area contributed by atoms with E-state index in [9.17, 15) is 4.79 Å². The summed E-state index contributed by atoms with van der Waals surface area (Å²) in [7, 11) is 0. The van der Waals surface area contributed by atoms with Gasteiger partial charge in [0.2, 0.25) is 5.82 Å². The molecule has 0 radical (unpaired) electrons. The Bertz CT molecular complexity index is 916. The van der Waals surface area contributed by atoms with Gasteiger partial charge >= 0.3 is 0 Å². The summed E-state index contributed by atoms with van der Waals surface area (Å²) in [5, 5.41) is 15.5. The van der Waals surface area contributed by atoms with Crippen molar-refractivity contribution in [1.29, 1.82) is 0 Å². The number of hydrogen-bond donors (Lipinski definition) is 1. The van der Waals surface area contributed by atoms with Gasteiger partial charge in [0.25, 0.3) is 5.91 Å². The molecule has 2 aromatic carbocycles. The summed E-state index contributed by atoms with van der Waals surface area (Å²) in [6, 6.07) is 15.2. The van der Waals surface area contributed by atoms with Gasteiger partial charge in [0, 0.05) is 11.3 Å². The lowest BCUT2D eigenvalue weighted by molar-refractivity contribution is -0.119. The summed E-state index contributed by atoms with van der Waals surface area (Å²) in [4.78, 5) is 14.1. The first-order chi connectivity index (χ1) is 13.0. The third-order valence-electron chi connectivity index (χ3n) is 4.83. The monoisotopic (exact) mass is 363 g/mol. The van der Waals surface area contributed by atoms with Crippen molar-refractivity contribution in [3.05, 3.63) is 59.7 Å². The molecule has 0 aliphatic carbocycles. The number of nitrogens with zero attached hydrogens (tertiary/aromatic N) is 4. The predicted octanol–water partition coefficient (Wildman–Crippen LogP) is 4.36. The minimum absolute atomic E-state index is 0.168. The smallest absolute Gasteiger partial charge is 0.250 e. The van der Waals surface area contributed by atoms with Crippen LogP contribution in [0.15, 0.2) is 48.5 Å². The maximum atomic E-state index is 12.7. The summed E-state index contributed by atoms with van der Waals surface area (Å²) in [5.74, 6) is 0.711. The Morgan fingerprint density at radius 1 is 1.11 bits per heavy atom. The van der Waals surface area contributed by atoms with Crippen LogP contribution in [0.2, 0.25) is 0 Å². The first kappa shape index (κ1) is 18.8. The Hall–Kier alpha value is -3.02. The molecule has 0 saturated carbocycles. The second-order valence-corrected chi connectivity index (χ2v) is 6.86. The number of aryl methyl sites for hydroxylation is 1. The van der Waals surface area contributed by atoms with Gasteiger partial charge in [0.15, 0.2) is 0 Å². The molecule has 6 heteroatoms. The van der Waals surface area contributed by atoms with Gasteiger partial charge in [-0.25, -0.2) is 0 Å². The molecule has 0 aliphatic rings. The average Bonchev–Trinajstić information content (AvgIpc) is 3.17. The van der Waals surface area contributed by atoms with E-state index in [0.717, 1.165) is 23.2 Å². The Kier molecular flexibility index (Phi) is 5.64. The number of anilines is 1. The van der Waals surface area contributed by atoms with Crippen molar-refractivity contribution in [3.63, 3.8) is 0 Å². The molecule has 0 spiro atoms. The van der Waals surface area contributed by atoms with Gasteiger partial charge in [-0.3, -0.25) is 4.79 Å². The fourth-order valence-electron chi connectivity index (χ4n) is 2.81. The number of carbonyl (C=O) groups excluding carboxylic acids is 1. The molecule has 1 heterocycles. The van der Waals surface area contributed by atoms with Crippen LogP contribution in [0.1, 0.15) is 50.3 Å². The van der Waals surface area contributed by atoms with E-state index in [4.69, 9.17) is 0 Å². The van der Waals surface area contributed by atoms with Crippen LogP contribution in [0.4, 0.5) is 5.69 Å². The van der Waals surface area contributed by atoms with Gasteiger partial charge < -0.3 is 5.32 Å². The number of amides is 1. The largest absolute Gasteiger partial charge is 0.324 e. The van der Waals surface area contributed by atoms with Gasteiger partial charge in [-0.05, 0) is 43.0 Å². The molecule has 1 aromatic heterocycles. The maximum Gasteiger partial charge on any atom is 0.250 e. The molecule has 2 atom stereocenters. The van der Waals surface area contributed by atoms with Crippen molar-refractivity contribution in [2.45, 2.75) is 46.1 Å². The topological polar surface area (TPSA) is 72.7 Å². The third-order valence-corrected chi connectivity index (χ3v) is 4.83. The van der Waals surface area contributed by atoms with E-state index in [2.05, 4.69) is 40.6 Å². The molecule has 0 aliphatic heterocycles. The molecule has 1 amide bonds. The highest BCUT2D eigenvalue weighted by Crippen LogP contribution is 2.27. The normalized spacial score (nSPS) is 13.2. The van der Waals surface area contributed by atoms with Gasteiger partial charge in [0.05, 0.1) is 0 Å². The van der Waals surface area contributed by atoms with Crippen molar-refractivity contribution in [2.75, 3.05) is 5.32 Å². The molecule has 0 saturated heterocycles. The SMILES string of the molecule is CCC(C)c1ccccc1NC(=O)C(C)n1nnc(-c2ccc(C)cc2)n1. The second-order valence-electron chi connectivity index (χ2n) is 6.86. The summed E-state index contributed by atoms with van der Waals surface area (Å²) in [6.07, 6.45) is 1.01. The zero-order valence-corrected chi connectivity index (χ0v) is 16.2. The van der Waals surface area contributed by atoms with Crippen LogP contribution < -0.4 is 5.32 Å². The van der Waals surface area contributed by atoms with E-state index in [0.29, 0.717) is 11.7 Å². The maximum absolute atomic E-state index is 12.7. The number of carbonyl (C=O) groups is 1. The van der Waals surface area contributed by atoms with Crippen molar-refractivity contribution < 1.29 is 4.79 Å². The Balaban J connectivity index is 1.76. The molecule has 2 unspecified atom stereocenters. The zero-order chi connectivity index (χ0) is 19.4. The van der Waals surface area contributed by atoms with E-state index in [1.165, 1.54) is 10.4 Å². The fraction of sp³-hybridized carbons (Fsp3) is 0.333. The standard InChI is InChI=1S/C21H25N5O/c1-5-15(3)18-8-6-7-9-19(18)22-21(27)16(4)26-24-20(23-25-26)17-12-10-14(2)11-13-17/h6-13,15-16H,5H2,1-4H3,(H,22,27). The molecule has 3 rings (SSSR count). The van der Waals surface area contributed by atoms with Crippen LogP contribution >= 0.6 is 0 Å². The van der Waals surface area contributed by atoms with Crippen LogP contribution in [-0.4, -0.2) is 26.1 Å². The van der Waals surface area contributed by atoms with Crippen LogP contribution in [-0.2, 0) is 4.79 Å². The lowest BCUT2D eigenvalue weighted by Crippen LogP contribution is -2.26. The number of hydrogen-bond acceptors (Lipinski definition) is 4. The van der Waals surface area contributed by atoms with E-state index in [1.807, 2.05) is 49.4 Å². The van der Waals surface area contributed by atoms with Gasteiger partial charge in [-0.1, -0.05) is 61.9 Å². The van der Waals surface area contributed by atoms with E-state index in [-0.39, 0.29) is 5.91 Å². The van der Waals surface area contributed by atoms with E-state index >= 15 is 0 Å². The van der Waals surface area contributed by atoms with Crippen LogP contribution in [0.3, 0.4) is 0 Å². The number of tetrazole rings is 1. The summed E-state index contributed by atoms with van der Waals surface area (Å²) < 4.78 is 0. The van der Waals surface area contributed by atoms with Crippen molar-refractivity contribution in [2.24, 2.45) is 0 Å². The van der Waals surface area contributed by atoms with Crippen LogP contribution in [0.5, 0.6) is 0 Å². The first-order valence-corrected chi connectivity index (χ1v) is 9.26. The zero-order valence-electron chi connectivity index (χ0n) is 16.2. The summed E-state index contributed by atoms with van der Waals surface area (Å²) in [6.45, 7) is 8.08. The highest BCUT2D eigenvalue weighted by atomic mass is 16.2. The Labute approximate surface area is 159 Å². The number of para-hydroxylation sites is 1. The third kappa shape index (κ3) is 4.22. The van der Waals surface area contributed by atoms with Crippen LogP contribution in [0, 0.1) is 6.92 Å². The van der Waals surface area contributed by atoms with Crippen molar-refractivity contribution in [3.8, 4) is 11.4 Å².